The van der Waals surface area contributed by atoms with Crippen LogP contribution in [0.4, 0.5) is 0 Å². The van der Waals surface area contributed by atoms with E-state index < -0.39 is 0 Å². The van der Waals surface area contributed by atoms with Gasteiger partial charge in [-0.3, -0.25) is 4.79 Å². The third-order valence-electron chi connectivity index (χ3n) is 3.21. The van der Waals surface area contributed by atoms with E-state index in [4.69, 9.17) is 11.6 Å². The van der Waals surface area contributed by atoms with Crippen molar-refractivity contribution in [3.63, 3.8) is 0 Å². The molecular formula is C17H18ClNO. The lowest BCUT2D eigenvalue weighted by Gasteiger charge is -2.14. The Labute approximate surface area is 124 Å². The van der Waals surface area contributed by atoms with Gasteiger partial charge in [-0.1, -0.05) is 54.1 Å². The summed E-state index contributed by atoms with van der Waals surface area (Å²) in [6.07, 6.45) is 1.17. The molecule has 0 aliphatic rings. The van der Waals surface area contributed by atoms with Crippen LogP contribution in [0.3, 0.4) is 0 Å². The second-order valence-corrected chi connectivity index (χ2v) is 5.27. The predicted molar refractivity (Wildman–Crippen MR) is 82.8 cm³/mol. The molecule has 0 fully saturated rings. The molecule has 1 atom stereocenters. The summed E-state index contributed by atoms with van der Waals surface area (Å²) in [4.78, 5) is 11.9. The SMILES string of the molecule is CC(NC(=O)CCc1cccc(Cl)c1)c1ccccc1. The number of carbonyl (C=O) groups excluding carboxylic acids is 1. The van der Waals surface area contributed by atoms with E-state index in [2.05, 4.69) is 5.32 Å². The molecule has 2 rings (SSSR count). The first-order valence-electron chi connectivity index (χ1n) is 6.74. The van der Waals surface area contributed by atoms with Crippen molar-refractivity contribution in [1.29, 1.82) is 0 Å². The molecule has 104 valence electrons. The number of rotatable bonds is 5. The molecule has 0 aromatic heterocycles. The Balaban J connectivity index is 1.84. The minimum absolute atomic E-state index is 0.0306. The fraction of sp³-hybridized carbons (Fsp3) is 0.235. The largest absolute Gasteiger partial charge is 0.350 e. The highest BCUT2D eigenvalue weighted by atomic mass is 35.5. The Morgan fingerprint density at radius 1 is 1.15 bits per heavy atom. The summed E-state index contributed by atoms with van der Waals surface area (Å²) in [5.74, 6) is 0.0568. The van der Waals surface area contributed by atoms with Crippen LogP contribution in [0.5, 0.6) is 0 Å². The molecule has 3 heteroatoms. The van der Waals surface area contributed by atoms with Crippen LogP contribution >= 0.6 is 11.6 Å². The zero-order valence-electron chi connectivity index (χ0n) is 11.5. The van der Waals surface area contributed by atoms with Crippen molar-refractivity contribution in [3.05, 3.63) is 70.7 Å². The summed E-state index contributed by atoms with van der Waals surface area (Å²) in [6.45, 7) is 1.99. The fourth-order valence-corrected chi connectivity index (χ4v) is 2.30. The van der Waals surface area contributed by atoms with Gasteiger partial charge in [0.2, 0.25) is 5.91 Å². The van der Waals surface area contributed by atoms with Crippen LogP contribution in [0.25, 0.3) is 0 Å². The number of amides is 1. The number of carbonyl (C=O) groups is 1. The molecule has 0 saturated carbocycles. The van der Waals surface area contributed by atoms with Crippen molar-refractivity contribution in [3.8, 4) is 0 Å². The molecule has 2 aromatic rings. The Bertz CT molecular complexity index is 568. The Hall–Kier alpha value is -1.80. The normalized spacial score (nSPS) is 11.9. The van der Waals surface area contributed by atoms with Gasteiger partial charge in [0, 0.05) is 11.4 Å². The van der Waals surface area contributed by atoms with Gasteiger partial charge >= 0.3 is 0 Å². The first-order valence-corrected chi connectivity index (χ1v) is 7.11. The van der Waals surface area contributed by atoms with Crippen molar-refractivity contribution < 1.29 is 4.79 Å². The second-order valence-electron chi connectivity index (χ2n) is 4.83. The zero-order chi connectivity index (χ0) is 14.4. The van der Waals surface area contributed by atoms with Gasteiger partial charge < -0.3 is 5.32 Å². The van der Waals surface area contributed by atoms with E-state index in [9.17, 15) is 4.79 Å². The summed E-state index contributed by atoms with van der Waals surface area (Å²) in [7, 11) is 0. The molecule has 1 amide bonds. The number of hydrogen-bond donors (Lipinski definition) is 1. The van der Waals surface area contributed by atoms with Gasteiger partial charge in [-0.05, 0) is 36.6 Å². The van der Waals surface area contributed by atoms with Crippen LogP contribution in [0.15, 0.2) is 54.6 Å². The molecule has 1 unspecified atom stereocenters. The molecule has 2 aromatic carbocycles. The smallest absolute Gasteiger partial charge is 0.220 e. The molecule has 0 bridgehead atoms. The Morgan fingerprint density at radius 2 is 1.90 bits per heavy atom. The highest BCUT2D eigenvalue weighted by Crippen LogP contribution is 2.14. The summed E-state index contributed by atoms with van der Waals surface area (Å²) < 4.78 is 0. The lowest BCUT2D eigenvalue weighted by Crippen LogP contribution is -2.26. The van der Waals surface area contributed by atoms with Crippen LogP contribution in [-0.2, 0) is 11.2 Å². The third-order valence-corrected chi connectivity index (χ3v) is 3.44. The molecule has 0 aliphatic heterocycles. The minimum Gasteiger partial charge on any atom is -0.350 e. The minimum atomic E-state index is 0.0306. The van der Waals surface area contributed by atoms with E-state index in [1.807, 2.05) is 61.5 Å². The van der Waals surface area contributed by atoms with Crippen molar-refractivity contribution in [2.45, 2.75) is 25.8 Å². The molecule has 20 heavy (non-hydrogen) atoms. The van der Waals surface area contributed by atoms with Crippen LogP contribution in [0.2, 0.25) is 5.02 Å². The van der Waals surface area contributed by atoms with Crippen molar-refractivity contribution in [2.75, 3.05) is 0 Å². The van der Waals surface area contributed by atoms with Gasteiger partial charge in [-0.15, -0.1) is 0 Å². The van der Waals surface area contributed by atoms with Crippen LogP contribution < -0.4 is 5.32 Å². The van der Waals surface area contributed by atoms with Crippen molar-refractivity contribution in [1.82, 2.24) is 5.32 Å². The van der Waals surface area contributed by atoms with Gasteiger partial charge in [0.15, 0.2) is 0 Å². The quantitative estimate of drug-likeness (QED) is 0.879. The fourth-order valence-electron chi connectivity index (χ4n) is 2.09. The van der Waals surface area contributed by atoms with Crippen molar-refractivity contribution in [2.24, 2.45) is 0 Å². The summed E-state index contributed by atoms with van der Waals surface area (Å²) in [5, 5.41) is 3.72. The Kier molecular flexibility index (Phi) is 5.19. The number of benzene rings is 2. The summed E-state index contributed by atoms with van der Waals surface area (Å²) in [5.41, 5.74) is 2.20. The second kappa shape index (κ2) is 7.11. The van der Waals surface area contributed by atoms with Crippen LogP contribution in [0, 0.1) is 0 Å². The number of hydrogen-bond acceptors (Lipinski definition) is 1. The maximum atomic E-state index is 11.9. The maximum absolute atomic E-state index is 11.9. The predicted octanol–water partition coefficient (Wildman–Crippen LogP) is 4.15. The van der Waals surface area contributed by atoms with Gasteiger partial charge in [0.25, 0.3) is 0 Å². The lowest BCUT2D eigenvalue weighted by atomic mass is 10.1. The average Bonchev–Trinajstić information content (AvgIpc) is 2.46. The van der Waals surface area contributed by atoms with E-state index in [0.717, 1.165) is 11.1 Å². The highest BCUT2D eigenvalue weighted by Gasteiger charge is 2.09. The van der Waals surface area contributed by atoms with E-state index in [-0.39, 0.29) is 11.9 Å². The Morgan fingerprint density at radius 3 is 2.60 bits per heavy atom. The van der Waals surface area contributed by atoms with Gasteiger partial charge in [-0.25, -0.2) is 0 Å². The lowest BCUT2D eigenvalue weighted by molar-refractivity contribution is -0.121. The first kappa shape index (κ1) is 14.6. The third kappa shape index (κ3) is 4.39. The molecule has 0 aliphatic carbocycles. The number of nitrogens with one attached hydrogen (secondary N) is 1. The van der Waals surface area contributed by atoms with Gasteiger partial charge in [0.05, 0.1) is 6.04 Å². The molecule has 0 spiro atoms. The van der Waals surface area contributed by atoms with Crippen LogP contribution in [-0.4, -0.2) is 5.91 Å². The molecule has 2 nitrogen and oxygen atoms in total. The van der Waals surface area contributed by atoms with Gasteiger partial charge in [0.1, 0.15) is 0 Å². The summed E-state index contributed by atoms with van der Waals surface area (Å²) >= 11 is 5.92. The van der Waals surface area contributed by atoms with E-state index in [0.29, 0.717) is 17.9 Å². The molecule has 0 saturated heterocycles. The first-order chi connectivity index (χ1) is 9.65. The summed E-state index contributed by atoms with van der Waals surface area (Å²) in [6, 6.07) is 17.6. The molecule has 1 N–H and O–H groups in total. The van der Waals surface area contributed by atoms with E-state index in [1.165, 1.54) is 0 Å². The maximum Gasteiger partial charge on any atom is 0.220 e. The molecule has 0 heterocycles. The number of aryl methyl sites for hydroxylation is 1. The number of halogens is 1. The zero-order valence-corrected chi connectivity index (χ0v) is 12.2. The molecular weight excluding hydrogens is 270 g/mol. The van der Waals surface area contributed by atoms with E-state index in [1.54, 1.807) is 0 Å². The topological polar surface area (TPSA) is 29.1 Å². The van der Waals surface area contributed by atoms with E-state index >= 15 is 0 Å². The van der Waals surface area contributed by atoms with Gasteiger partial charge in [-0.2, -0.15) is 0 Å². The van der Waals surface area contributed by atoms with Crippen LogP contribution in [0.1, 0.15) is 30.5 Å². The van der Waals surface area contributed by atoms with Crippen molar-refractivity contribution >= 4 is 17.5 Å². The monoisotopic (exact) mass is 287 g/mol. The molecule has 0 radical (unpaired) electrons. The highest BCUT2D eigenvalue weighted by molar-refractivity contribution is 6.30. The standard InChI is InChI=1S/C17H18ClNO/c1-13(15-7-3-2-4-8-15)19-17(20)11-10-14-6-5-9-16(18)12-14/h2-9,12-13H,10-11H2,1H3,(H,19,20). The average molecular weight is 288 g/mol.